The van der Waals surface area contributed by atoms with Gasteiger partial charge in [-0.1, -0.05) is 62.3 Å². The molecule has 0 aliphatic heterocycles. The molecule has 0 bridgehead atoms. The van der Waals surface area contributed by atoms with Gasteiger partial charge in [-0.25, -0.2) is 0 Å². The second kappa shape index (κ2) is 15.3. The molecule has 0 spiro atoms. The normalized spacial score (nSPS) is 10.5. The van der Waals surface area contributed by atoms with Gasteiger partial charge in [-0.2, -0.15) is 0 Å². The molecular formula is C14H33BO5. The van der Waals surface area contributed by atoms with Crippen molar-refractivity contribution in [2.75, 3.05) is 13.2 Å². The van der Waals surface area contributed by atoms with Crippen molar-refractivity contribution in [3.8, 4) is 0 Å². The Bertz CT molecular complexity index is 117. The molecule has 0 aliphatic rings. The zero-order valence-corrected chi connectivity index (χ0v) is 14.6. The first-order valence-electron chi connectivity index (χ1n) is 6.24. The number of rotatable bonds is 1. The Hall–Kier alpha value is -0.135. The molecule has 0 radical (unpaired) electrons. The van der Waals surface area contributed by atoms with E-state index in [2.05, 4.69) is 0 Å². The maximum absolute atomic E-state index is 10.1. The molecule has 0 aliphatic carbocycles. The molecule has 0 aromatic carbocycles. The van der Waals surface area contributed by atoms with Gasteiger partial charge in [0.05, 0.1) is 13.2 Å². The van der Waals surface area contributed by atoms with Gasteiger partial charge in [-0.05, 0) is 0 Å². The van der Waals surface area contributed by atoms with Crippen LogP contribution in [-0.4, -0.2) is 48.6 Å². The van der Waals surface area contributed by atoms with Gasteiger partial charge in [0.2, 0.25) is 0 Å². The Kier molecular flexibility index (Phi) is 24.4. The topological polar surface area (TPSA) is 110 Å². The van der Waals surface area contributed by atoms with Gasteiger partial charge in [-0.15, -0.1) is 16.8 Å². The van der Waals surface area contributed by atoms with E-state index in [4.69, 9.17) is 10.2 Å². The minimum atomic E-state index is -0.750. The van der Waals surface area contributed by atoms with Gasteiger partial charge in [0.1, 0.15) is 0 Å². The molecule has 0 rings (SSSR count). The first kappa shape index (κ1) is 32.0. The van der Waals surface area contributed by atoms with Crippen LogP contribution in [0.1, 0.15) is 62.3 Å². The first-order chi connectivity index (χ1) is 7.91. The summed E-state index contributed by atoms with van der Waals surface area (Å²) in [4.78, 5) is 0. The Morgan fingerprint density at radius 3 is 0.600 bits per heavy atom. The smallest absolute Gasteiger partial charge is 0.850 e. The molecule has 0 heterocycles. The van der Waals surface area contributed by atoms with Crippen molar-refractivity contribution in [2.45, 2.75) is 79.1 Å². The standard InChI is InChI=1S/3C4H9O.C2H6O2.B/c3*1-4(2,3)5;3-1-2-4;/h3*1-3H3;3-4H,1-2H2;/q3*-1;;+3. The van der Waals surface area contributed by atoms with E-state index in [0.29, 0.717) is 0 Å². The van der Waals surface area contributed by atoms with Crippen molar-refractivity contribution in [3.05, 3.63) is 0 Å². The van der Waals surface area contributed by atoms with Crippen LogP contribution in [0.2, 0.25) is 0 Å². The van der Waals surface area contributed by atoms with Gasteiger partial charge in [0.15, 0.2) is 0 Å². The molecule has 0 amide bonds. The molecular weight excluding hydrogens is 259 g/mol. The predicted molar refractivity (Wildman–Crippen MR) is 79.2 cm³/mol. The van der Waals surface area contributed by atoms with Crippen molar-refractivity contribution < 1.29 is 25.5 Å². The number of aliphatic hydroxyl groups excluding tert-OH is 2. The summed E-state index contributed by atoms with van der Waals surface area (Å²) < 4.78 is 0. The molecule has 6 heteroatoms. The number of hydrogen-bond acceptors (Lipinski definition) is 5. The monoisotopic (exact) mass is 292 g/mol. The van der Waals surface area contributed by atoms with Gasteiger partial charge < -0.3 is 25.5 Å². The fourth-order valence-electron chi connectivity index (χ4n) is 0. The molecule has 0 saturated heterocycles. The summed E-state index contributed by atoms with van der Waals surface area (Å²) in [6.45, 7) is 14.4. The van der Waals surface area contributed by atoms with E-state index in [1.165, 1.54) is 0 Å². The van der Waals surface area contributed by atoms with Crippen LogP contribution in [0.3, 0.4) is 0 Å². The molecule has 122 valence electrons. The maximum atomic E-state index is 10.1. The van der Waals surface area contributed by atoms with Gasteiger partial charge in [0.25, 0.3) is 0 Å². The maximum Gasteiger partial charge on any atom is 3.00 e. The fourth-order valence-corrected chi connectivity index (χ4v) is 0. The van der Waals surface area contributed by atoms with Crippen LogP contribution in [-0.2, 0) is 0 Å². The van der Waals surface area contributed by atoms with E-state index in [9.17, 15) is 15.3 Å². The van der Waals surface area contributed by atoms with E-state index in [1.54, 1.807) is 62.3 Å². The average Bonchev–Trinajstić information content (AvgIpc) is 1.93. The summed E-state index contributed by atoms with van der Waals surface area (Å²) >= 11 is 0. The summed E-state index contributed by atoms with van der Waals surface area (Å²) in [5, 5.41) is 45.6. The Balaban J connectivity index is -0.0000000494. The van der Waals surface area contributed by atoms with Gasteiger partial charge in [0, 0.05) is 0 Å². The van der Waals surface area contributed by atoms with Crippen LogP contribution in [0, 0.1) is 0 Å². The van der Waals surface area contributed by atoms with Crippen LogP contribution >= 0.6 is 0 Å². The van der Waals surface area contributed by atoms with E-state index >= 15 is 0 Å². The van der Waals surface area contributed by atoms with Crippen LogP contribution in [0.15, 0.2) is 0 Å². The SMILES string of the molecule is CC(C)(C)[O-].CC(C)(C)[O-].CC(C)(C)[O-].OCCO.[B+3]. The second-order valence-electron chi connectivity index (χ2n) is 6.78. The van der Waals surface area contributed by atoms with E-state index in [-0.39, 0.29) is 21.6 Å². The quantitative estimate of drug-likeness (QED) is 0.604. The van der Waals surface area contributed by atoms with Crippen molar-refractivity contribution in [1.29, 1.82) is 0 Å². The van der Waals surface area contributed by atoms with Crippen LogP contribution in [0.25, 0.3) is 0 Å². The van der Waals surface area contributed by atoms with Crippen molar-refractivity contribution in [3.63, 3.8) is 0 Å². The van der Waals surface area contributed by atoms with Crippen LogP contribution < -0.4 is 15.3 Å². The largest absolute Gasteiger partial charge is 3.00 e. The summed E-state index contributed by atoms with van der Waals surface area (Å²) in [6, 6.07) is 0. The minimum Gasteiger partial charge on any atom is -0.850 e. The third-order valence-electron chi connectivity index (χ3n) is 0.1000. The average molecular weight is 292 g/mol. The Morgan fingerprint density at radius 1 is 0.550 bits per heavy atom. The van der Waals surface area contributed by atoms with Crippen molar-refractivity contribution in [1.82, 2.24) is 0 Å². The summed E-state index contributed by atoms with van der Waals surface area (Å²) in [7, 11) is 0. The van der Waals surface area contributed by atoms with Crippen LogP contribution in [0.5, 0.6) is 0 Å². The van der Waals surface area contributed by atoms with Gasteiger partial charge in [-0.3, -0.25) is 0 Å². The zero-order chi connectivity index (χ0) is 16.9. The Morgan fingerprint density at radius 2 is 0.600 bits per heavy atom. The summed E-state index contributed by atoms with van der Waals surface area (Å²) in [6.07, 6.45) is 0. The molecule has 20 heavy (non-hydrogen) atoms. The van der Waals surface area contributed by atoms with Crippen LogP contribution in [0.4, 0.5) is 0 Å². The summed E-state index contributed by atoms with van der Waals surface area (Å²) in [5.41, 5.74) is -2.25. The van der Waals surface area contributed by atoms with E-state index < -0.39 is 16.8 Å². The molecule has 0 unspecified atom stereocenters. The molecule has 5 nitrogen and oxygen atoms in total. The summed E-state index contributed by atoms with van der Waals surface area (Å²) in [5.74, 6) is 0. The third-order valence-corrected chi connectivity index (χ3v) is 0.1000. The molecule has 2 N–H and O–H groups in total. The van der Waals surface area contributed by atoms with Gasteiger partial charge >= 0.3 is 8.41 Å². The molecule has 0 aromatic rings. The molecule has 0 saturated carbocycles. The fraction of sp³-hybridized carbons (Fsp3) is 1.00. The Labute approximate surface area is 127 Å². The number of hydrogen-bond donors (Lipinski definition) is 2. The van der Waals surface area contributed by atoms with E-state index in [0.717, 1.165) is 0 Å². The second-order valence-corrected chi connectivity index (χ2v) is 6.78. The van der Waals surface area contributed by atoms with E-state index in [1.807, 2.05) is 0 Å². The predicted octanol–water partition coefficient (Wildman–Crippen LogP) is -0.974. The molecule has 0 fully saturated rings. The van der Waals surface area contributed by atoms with Crippen molar-refractivity contribution in [2.24, 2.45) is 0 Å². The van der Waals surface area contributed by atoms with Crippen molar-refractivity contribution >= 4 is 8.41 Å². The minimum absolute atomic E-state index is 0. The molecule has 0 atom stereocenters. The third kappa shape index (κ3) is 6790. The zero-order valence-electron chi connectivity index (χ0n) is 14.6. The number of aliphatic hydroxyl groups is 2. The first-order valence-corrected chi connectivity index (χ1v) is 6.24. The molecule has 0 aromatic heterocycles.